The van der Waals surface area contributed by atoms with Crippen LogP contribution >= 0.6 is 0 Å². The van der Waals surface area contributed by atoms with E-state index in [1.807, 2.05) is 0 Å². The normalized spacial score (nSPS) is 12.5. The second-order valence-electron chi connectivity index (χ2n) is 5.56. The van der Waals surface area contributed by atoms with Crippen LogP contribution in [0.25, 0.3) is 0 Å². The molecule has 0 saturated carbocycles. The number of alkyl halides is 3. The van der Waals surface area contributed by atoms with Crippen molar-refractivity contribution in [3.8, 4) is 0 Å². The van der Waals surface area contributed by atoms with Gasteiger partial charge in [-0.1, -0.05) is 12.1 Å². The van der Waals surface area contributed by atoms with Gasteiger partial charge in [-0.05, 0) is 36.8 Å². The molecule has 2 aromatic rings. The highest BCUT2D eigenvalue weighted by atomic mass is 19.4. The van der Waals surface area contributed by atoms with Crippen molar-refractivity contribution in [2.45, 2.75) is 25.7 Å². The van der Waals surface area contributed by atoms with E-state index in [-0.39, 0.29) is 18.2 Å². The highest BCUT2D eigenvalue weighted by Crippen LogP contribution is 2.29. The van der Waals surface area contributed by atoms with E-state index in [1.54, 1.807) is 6.07 Å². The number of nitrogens with one attached hydrogen (secondary N) is 1. The van der Waals surface area contributed by atoms with Gasteiger partial charge in [-0.3, -0.25) is 9.59 Å². The average Bonchev–Trinajstić information content (AvgIpc) is 3.08. The van der Waals surface area contributed by atoms with Crippen molar-refractivity contribution in [2.75, 3.05) is 7.05 Å². The van der Waals surface area contributed by atoms with Gasteiger partial charge >= 0.3 is 6.18 Å². The van der Waals surface area contributed by atoms with E-state index in [4.69, 9.17) is 4.42 Å². The summed E-state index contributed by atoms with van der Waals surface area (Å²) in [6, 6.07) is 6.79. The standard InChI is InChI=1S/C17H17F3N2O3/c1-11(21-15(23)14-4-3-9-25-14)16(24)22(2)10-12-5-7-13(8-6-12)17(18,19)20/h3-9,11H,10H2,1-2H3,(H,21,23)/t11-/m0/s1. The van der Waals surface area contributed by atoms with Crippen LogP contribution in [0.1, 0.15) is 28.6 Å². The molecule has 0 unspecified atom stereocenters. The van der Waals surface area contributed by atoms with E-state index in [9.17, 15) is 22.8 Å². The fourth-order valence-corrected chi connectivity index (χ4v) is 2.22. The molecule has 0 aliphatic rings. The van der Waals surface area contributed by atoms with E-state index in [2.05, 4.69) is 5.32 Å². The Morgan fingerprint density at radius 1 is 1.20 bits per heavy atom. The van der Waals surface area contributed by atoms with Crippen molar-refractivity contribution in [3.63, 3.8) is 0 Å². The quantitative estimate of drug-likeness (QED) is 0.898. The molecule has 2 amide bonds. The zero-order valence-corrected chi connectivity index (χ0v) is 13.6. The molecule has 0 aliphatic carbocycles. The van der Waals surface area contributed by atoms with Crippen LogP contribution in [0.5, 0.6) is 0 Å². The molecule has 0 bridgehead atoms. The fraction of sp³-hybridized carbons (Fsp3) is 0.294. The van der Waals surface area contributed by atoms with Crippen LogP contribution < -0.4 is 5.32 Å². The van der Waals surface area contributed by atoms with Crippen LogP contribution in [0, 0.1) is 0 Å². The van der Waals surface area contributed by atoms with Crippen LogP contribution in [-0.4, -0.2) is 29.8 Å². The van der Waals surface area contributed by atoms with Gasteiger partial charge in [0.2, 0.25) is 5.91 Å². The van der Waals surface area contributed by atoms with E-state index in [1.165, 1.54) is 43.3 Å². The van der Waals surface area contributed by atoms with E-state index in [0.29, 0.717) is 5.56 Å². The van der Waals surface area contributed by atoms with Crippen molar-refractivity contribution in [3.05, 3.63) is 59.5 Å². The van der Waals surface area contributed by atoms with Gasteiger partial charge in [0.25, 0.3) is 5.91 Å². The molecule has 0 radical (unpaired) electrons. The van der Waals surface area contributed by atoms with Crippen LogP contribution in [0.3, 0.4) is 0 Å². The molecule has 134 valence electrons. The Bertz CT molecular complexity index is 725. The van der Waals surface area contributed by atoms with Crippen LogP contribution in [0.15, 0.2) is 47.1 Å². The number of furan rings is 1. The SMILES string of the molecule is C[C@H](NC(=O)c1ccco1)C(=O)N(C)Cc1ccc(C(F)(F)F)cc1. The minimum atomic E-state index is -4.40. The van der Waals surface area contributed by atoms with Crippen LogP contribution in [0.2, 0.25) is 0 Å². The number of benzene rings is 1. The molecule has 1 aromatic carbocycles. The Hall–Kier alpha value is -2.77. The molecule has 0 aliphatic heterocycles. The molecule has 1 N–H and O–H groups in total. The van der Waals surface area contributed by atoms with E-state index in [0.717, 1.165) is 12.1 Å². The minimum Gasteiger partial charge on any atom is -0.459 e. The maximum atomic E-state index is 12.5. The number of halogens is 3. The molecule has 0 spiro atoms. The fourth-order valence-electron chi connectivity index (χ4n) is 2.22. The predicted octanol–water partition coefficient (Wildman–Crippen LogP) is 3.08. The van der Waals surface area contributed by atoms with Gasteiger partial charge in [0.15, 0.2) is 5.76 Å². The number of amides is 2. The zero-order chi connectivity index (χ0) is 18.6. The molecule has 25 heavy (non-hydrogen) atoms. The van der Waals surface area contributed by atoms with Gasteiger partial charge in [-0.15, -0.1) is 0 Å². The van der Waals surface area contributed by atoms with Gasteiger partial charge < -0.3 is 14.6 Å². The van der Waals surface area contributed by atoms with Crippen molar-refractivity contribution in [1.82, 2.24) is 10.2 Å². The van der Waals surface area contributed by atoms with Gasteiger partial charge in [0, 0.05) is 13.6 Å². The Morgan fingerprint density at radius 2 is 1.84 bits per heavy atom. The summed E-state index contributed by atoms with van der Waals surface area (Å²) in [4.78, 5) is 25.5. The number of likely N-dealkylation sites (N-methyl/N-ethyl adjacent to an activating group) is 1. The molecular formula is C17H17F3N2O3. The van der Waals surface area contributed by atoms with Crippen LogP contribution in [-0.2, 0) is 17.5 Å². The summed E-state index contributed by atoms with van der Waals surface area (Å²) < 4.78 is 42.6. The first kappa shape index (κ1) is 18.6. The lowest BCUT2D eigenvalue weighted by molar-refractivity contribution is -0.137. The lowest BCUT2D eigenvalue weighted by atomic mass is 10.1. The number of hydrogen-bond donors (Lipinski definition) is 1. The molecule has 5 nitrogen and oxygen atoms in total. The summed E-state index contributed by atoms with van der Waals surface area (Å²) >= 11 is 0. The number of carbonyl (C=O) groups excluding carboxylic acids is 2. The molecular weight excluding hydrogens is 337 g/mol. The largest absolute Gasteiger partial charge is 0.459 e. The summed E-state index contributed by atoms with van der Waals surface area (Å²) in [7, 11) is 1.51. The molecule has 0 fully saturated rings. The lowest BCUT2D eigenvalue weighted by Crippen LogP contribution is -2.45. The smallest absolute Gasteiger partial charge is 0.416 e. The van der Waals surface area contributed by atoms with Gasteiger partial charge in [-0.25, -0.2) is 0 Å². The van der Waals surface area contributed by atoms with Gasteiger partial charge in [0.05, 0.1) is 11.8 Å². The van der Waals surface area contributed by atoms with Crippen molar-refractivity contribution < 1.29 is 27.2 Å². The van der Waals surface area contributed by atoms with E-state index < -0.39 is 23.7 Å². The molecule has 2 rings (SSSR count). The number of carbonyl (C=O) groups is 2. The highest BCUT2D eigenvalue weighted by Gasteiger charge is 2.30. The minimum absolute atomic E-state index is 0.0880. The molecule has 0 saturated heterocycles. The third-order valence-corrected chi connectivity index (χ3v) is 3.54. The summed E-state index contributed by atoms with van der Waals surface area (Å²) in [5.41, 5.74) is -0.197. The van der Waals surface area contributed by atoms with Crippen molar-refractivity contribution >= 4 is 11.8 Å². The maximum Gasteiger partial charge on any atom is 0.416 e. The summed E-state index contributed by atoms with van der Waals surface area (Å²) in [5.74, 6) is -0.807. The Kier molecular flexibility index (Phi) is 5.51. The van der Waals surface area contributed by atoms with Crippen molar-refractivity contribution in [2.24, 2.45) is 0 Å². The topological polar surface area (TPSA) is 62.6 Å². The first-order valence-corrected chi connectivity index (χ1v) is 7.44. The van der Waals surface area contributed by atoms with E-state index >= 15 is 0 Å². The second-order valence-corrected chi connectivity index (χ2v) is 5.56. The monoisotopic (exact) mass is 354 g/mol. The lowest BCUT2D eigenvalue weighted by Gasteiger charge is -2.22. The molecule has 1 aromatic heterocycles. The maximum absolute atomic E-state index is 12.5. The van der Waals surface area contributed by atoms with Crippen LogP contribution in [0.4, 0.5) is 13.2 Å². The van der Waals surface area contributed by atoms with Crippen molar-refractivity contribution in [1.29, 1.82) is 0 Å². The van der Waals surface area contributed by atoms with Gasteiger partial charge in [-0.2, -0.15) is 13.2 Å². The Balaban J connectivity index is 1.94. The zero-order valence-electron chi connectivity index (χ0n) is 13.6. The third-order valence-electron chi connectivity index (χ3n) is 3.54. The number of rotatable bonds is 5. The second kappa shape index (κ2) is 7.42. The predicted molar refractivity (Wildman–Crippen MR) is 83.6 cm³/mol. The first-order valence-electron chi connectivity index (χ1n) is 7.44. The summed E-state index contributed by atoms with van der Waals surface area (Å²) in [5, 5.41) is 2.51. The Morgan fingerprint density at radius 3 is 2.36 bits per heavy atom. The Labute approximate surface area is 142 Å². The highest BCUT2D eigenvalue weighted by molar-refractivity contribution is 5.95. The number of nitrogens with zero attached hydrogens (tertiary/aromatic N) is 1. The summed E-state index contributed by atoms with van der Waals surface area (Å²) in [6.45, 7) is 1.64. The number of hydrogen-bond acceptors (Lipinski definition) is 3. The summed E-state index contributed by atoms with van der Waals surface area (Å²) in [6.07, 6.45) is -3.05. The van der Waals surface area contributed by atoms with Gasteiger partial charge in [0.1, 0.15) is 6.04 Å². The third kappa shape index (κ3) is 4.85. The molecule has 8 heteroatoms. The molecule has 1 atom stereocenters. The molecule has 1 heterocycles. The average molecular weight is 354 g/mol. The first-order chi connectivity index (χ1) is 11.7.